The van der Waals surface area contributed by atoms with Crippen LogP contribution in [0.3, 0.4) is 0 Å². The number of aldehydes is 1. The number of carbonyl (C=O) groups excluding carboxylic acids is 1. The maximum atomic E-state index is 13.2. The van der Waals surface area contributed by atoms with Crippen molar-refractivity contribution in [3.63, 3.8) is 0 Å². The van der Waals surface area contributed by atoms with Gasteiger partial charge in [0.05, 0.1) is 16.7 Å². The third-order valence-electron chi connectivity index (χ3n) is 5.44. The second-order valence-electron chi connectivity index (χ2n) is 7.95. The van der Waals surface area contributed by atoms with Gasteiger partial charge in [-0.1, -0.05) is 6.07 Å². The number of hydrogen-bond acceptors (Lipinski definition) is 7. The van der Waals surface area contributed by atoms with Gasteiger partial charge >= 0.3 is 0 Å². The standard InChI is InChI=1S/C24H20F2N8O/c1-14-3-7-21(31-30-14)28-17-5-6-20-18(12-17)27-13-33(20)22-8-4-16(9-10-35)24(29-22)34-15(2)11-19(32-34)23(25)26/h3-8,10-13,23H,9H2,1-2H3,(H,28,31). The predicted octanol–water partition coefficient (Wildman–Crippen LogP) is 4.44. The molecule has 0 aliphatic carbocycles. The Morgan fingerprint density at radius 2 is 1.91 bits per heavy atom. The molecule has 9 nitrogen and oxygen atoms in total. The number of aryl methyl sites for hydroxylation is 2. The molecule has 0 saturated heterocycles. The van der Waals surface area contributed by atoms with E-state index in [1.165, 1.54) is 10.7 Å². The fourth-order valence-electron chi connectivity index (χ4n) is 3.74. The number of carbonyl (C=O) groups is 1. The molecule has 5 aromatic rings. The third kappa shape index (κ3) is 4.35. The van der Waals surface area contributed by atoms with Gasteiger partial charge in [-0.2, -0.15) is 10.2 Å². The van der Waals surface area contributed by atoms with Crippen LogP contribution in [0.25, 0.3) is 22.7 Å². The van der Waals surface area contributed by atoms with Crippen molar-refractivity contribution in [3.05, 3.63) is 77.5 Å². The van der Waals surface area contributed by atoms with Crippen molar-refractivity contribution >= 4 is 28.8 Å². The number of pyridine rings is 1. The van der Waals surface area contributed by atoms with Gasteiger partial charge in [-0.05, 0) is 56.3 Å². The summed E-state index contributed by atoms with van der Waals surface area (Å²) < 4.78 is 29.5. The molecule has 0 bridgehead atoms. The summed E-state index contributed by atoms with van der Waals surface area (Å²) in [4.78, 5) is 20.4. The Kier molecular flexibility index (Phi) is 5.73. The SMILES string of the molecule is Cc1ccc(Nc2ccc3c(c2)ncn3-c2ccc(CC=O)c(-n3nc(C(F)F)cc3C)n2)nn1. The summed E-state index contributed by atoms with van der Waals surface area (Å²) in [6.45, 7) is 3.53. The van der Waals surface area contributed by atoms with Crippen molar-refractivity contribution < 1.29 is 13.6 Å². The molecule has 5 rings (SSSR count). The van der Waals surface area contributed by atoms with Crippen molar-refractivity contribution in [2.75, 3.05) is 5.32 Å². The number of nitrogens with one attached hydrogen (secondary N) is 1. The van der Waals surface area contributed by atoms with Crippen LogP contribution in [-0.4, -0.2) is 40.8 Å². The molecule has 0 fully saturated rings. The Morgan fingerprint density at radius 3 is 2.63 bits per heavy atom. The van der Waals surface area contributed by atoms with Crippen LogP contribution < -0.4 is 5.32 Å². The molecule has 11 heteroatoms. The van der Waals surface area contributed by atoms with Gasteiger partial charge in [0.2, 0.25) is 0 Å². The fourth-order valence-corrected chi connectivity index (χ4v) is 3.74. The molecule has 0 saturated carbocycles. The average Bonchev–Trinajstić information content (AvgIpc) is 3.44. The summed E-state index contributed by atoms with van der Waals surface area (Å²) in [6, 6.07) is 14.2. The minimum atomic E-state index is -2.71. The van der Waals surface area contributed by atoms with E-state index < -0.39 is 6.43 Å². The van der Waals surface area contributed by atoms with E-state index in [4.69, 9.17) is 0 Å². The van der Waals surface area contributed by atoms with Gasteiger partial charge in [0, 0.05) is 23.4 Å². The molecule has 0 unspecified atom stereocenters. The van der Waals surface area contributed by atoms with Crippen LogP contribution in [0, 0.1) is 13.8 Å². The molecule has 4 heterocycles. The summed E-state index contributed by atoms with van der Waals surface area (Å²) in [6.07, 6.45) is -0.259. The maximum absolute atomic E-state index is 13.2. The lowest BCUT2D eigenvalue weighted by Crippen LogP contribution is -2.10. The number of hydrogen-bond donors (Lipinski definition) is 1. The van der Waals surface area contributed by atoms with E-state index in [1.807, 2.05) is 37.3 Å². The largest absolute Gasteiger partial charge is 0.339 e. The van der Waals surface area contributed by atoms with Gasteiger partial charge in [0.25, 0.3) is 6.43 Å². The Bertz CT molecular complexity index is 1520. The van der Waals surface area contributed by atoms with E-state index in [0.29, 0.717) is 34.2 Å². The molecular weight excluding hydrogens is 454 g/mol. The lowest BCUT2D eigenvalue weighted by molar-refractivity contribution is -0.107. The molecule has 0 atom stereocenters. The van der Waals surface area contributed by atoms with Crippen molar-refractivity contribution in [1.29, 1.82) is 0 Å². The molecule has 1 N–H and O–H groups in total. The molecule has 176 valence electrons. The lowest BCUT2D eigenvalue weighted by Gasteiger charge is -2.12. The zero-order valence-electron chi connectivity index (χ0n) is 18.9. The topological polar surface area (TPSA) is 103 Å². The van der Waals surface area contributed by atoms with E-state index in [-0.39, 0.29) is 12.1 Å². The van der Waals surface area contributed by atoms with Gasteiger partial charge in [-0.25, -0.2) is 23.4 Å². The number of aromatic nitrogens is 7. The second-order valence-corrected chi connectivity index (χ2v) is 7.95. The number of anilines is 2. The van der Waals surface area contributed by atoms with Crippen LogP contribution in [0.15, 0.2) is 54.9 Å². The Morgan fingerprint density at radius 1 is 1.06 bits per heavy atom. The van der Waals surface area contributed by atoms with Crippen LogP contribution in [-0.2, 0) is 11.2 Å². The highest BCUT2D eigenvalue weighted by Gasteiger charge is 2.18. The molecular formula is C24H20F2N8O. The number of halogens is 2. The highest BCUT2D eigenvalue weighted by Crippen LogP contribution is 2.26. The third-order valence-corrected chi connectivity index (χ3v) is 5.44. The van der Waals surface area contributed by atoms with Crippen molar-refractivity contribution in [2.45, 2.75) is 26.7 Å². The number of alkyl halides is 2. The van der Waals surface area contributed by atoms with Crippen LogP contribution in [0.5, 0.6) is 0 Å². The fraction of sp³-hybridized carbons (Fsp3) is 0.167. The normalized spacial score (nSPS) is 11.3. The quantitative estimate of drug-likeness (QED) is 0.348. The minimum Gasteiger partial charge on any atom is -0.339 e. The highest BCUT2D eigenvalue weighted by atomic mass is 19.3. The van der Waals surface area contributed by atoms with E-state index in [2.05, 4.69) is 30.6 Å². The molecule has 35 heavy (non-hydrogen) atoms. The van der Waals surface area contributed by atoms with E-state index in [9.17, 15) is 13.6 Å². The molecule has 0 spiro atoms. The van der Waals surface area contributed by atoms with Gasteiger partial charge in [-0.3, -0.25) is 4.57 Å². The number of fused-ring (bicyclic) bond motifs is 1. The Hall–Kier alpha value is -4.54. The zero-order valence-corrected chi connectivity index (χ0v) is 18.9. The summed E-state index contributed by atoms with van der Waals surface area (Å²) in [5, 5.41) is 15.4. The smallest absolute Gasteiger partial charge is 0.282 e. The first-order valence-electron chi connectivity index (χ1n) is 10.8. The lowest BCUT2D eigenvalue weighted by atomic mass is 10.2. The maximum Gasteiger partial charge on any atom is 0.282 e. The summed E-state index contributed by atoms with van der Waals surface area (Å²) in [5.74, 6) is 1.44. The van der Waals surface area contributed by atoms with Crippen LogP contribution >= 0.6 is 0 Å². The molecule has 0 amide bonds. The molecule has 4 aromatic heterocycles. The molecule has 0 radical (unpaired) electrons. The van der Waals surface area contributed by atoms with Gasteiger partial charge in [-0.15, -0.1) is 5.10 Å². The van der Waals surface area contributed by atoms with Crippen molar-refractivity contribution in [3.8, 4) is 11.6 Å². The van der Waals surface area contributed by atoms with Crippen molar-refractivity contribution in [2.24, 2.45) is 0 Å². The summed E-state index contributed by atoms with van der Waals surface area (Å²) in [7, 11) is 0. The number of nitrogens with zero attached hydrogens (tertiary/aromatic N) is 7. The van der Waals surface area contributed by atoms with Gasteiger partial charge in [0.1, 0.15) is 24.1 Å². The molecule has 0 aliphatic heterocycles. The monoisotopic (exact) mass is 474 g/mol. The van der Waals surface area contributed by atoms with Gasteiger partial charge in [0.15, 0.2) is 11.6 Å². The first-order valence-corrected chi connectivity index (χ1v) is 10.8. The average molecular weight is 474 g/mol. The number of benzene rings is 1. The second kappa shape index (κ2) is 9.01. The van der Waals surface area contributed by atoms with Crippen molar-refractivity contribution in [1.82, 2.24) is 34.5 Å². The van der Waals surface area contributed by atoms with Crippen LogP contribution in [0.2, 0.25) is 0 Å². The van der Waals surface area contributed by atoms with Gasteiger partial charge < -0.3 is 10.1 Å². The first kappa shape index (κ1) is 22.3. The summed E-state index contributed by atoms with van der Waals surface area (Å²) in [5.41, 5.74) is 3.84. The first-order chi connectivity index (χ1) is 16.9. The summed E-state index contributed by atoms with van der Waals surface area (Å²) >= 11 is 0. The van der Waals surface area contributed by atoms with E-state index in [0.717, 1.165) is 23.2 Å². The van der Waals surface area contributed by atoms with Crippen LogP contribution in [0.4, 0.5) is 20.3 Å². The molecule has 1 aromatic carbocycles. The zero-order chi connectivity index (χ0) is 24.5. The molecule has 0 aliphatic rings. The highest BCUT2D eigenvalue weighted by molar-refractivity contribution is 5.82. The van der Waals surface area contributed by atoms with E-state index in [1.54, 1.807) is 30.0 Å². The van der Waals surface area contributed by atoms with Crippen LogP contribution in [0.1, 0.15) is 29.1 Å². The van der Waals surface area contributed by atoms with E-state index >= 15 is 0 Å². The number of imidazole rings is 1. The Balaban J connectivity index is 1.53. The predicted molar refractivity (Wildman–Crippen MR) is 126 cm³/mol. The minimum absolute atomic E-state index is 0.0769. The number of rotatable bonds is 7. The Labute approximate surface area is 198 Å².